The zero-order valence-corrected chi connectivity index (χ0v) is 20.6. The fraction of sp³-hybridized carbons (Fsp3) is 0.542. The summed E-state index contributed by atoms with van der Waals surface area (Å²) >= 11 is 0. The first-order valence-corrected chi connectivity index (χ1v) is 13.7. The van der Waals surface area contributed by atoms with Crippen LogP contribution >= 0.6 is 0 Å². The van der Waals surface area contributed by atoms with Gasteiger partial charge in [0.2, 0.25) is 10.0 Å². The summed E-state index contributed by atoms with van der Waals surface area (Å²) in [5, 5.41) is 18.2. The highest BCUT2D eigenvalue weighted by Gasteiger charge is 2.31. The molecule has 10 nitrogen and oxygen atoms in total. The van der Waals surface area contributed by atoms with Crippen LogP contribution in [0.15, 0.2) is 41.3 Å². The van der Waals surface area contributed by atoms with E-state index in [1.54, 1.807) is 12.1 Å². The topological polar surface area (TPSA) is 106 Å². The second-order valence-corrected chi connectivity index (χ2v) is 11.1. The maximum absolute atomic E-state index is 13.1. The number of nitriles is 1. The Bertz CT molecular complexity index is 1150. The van der Waals surface area contributed by atoms with Crippen molar-refractivity contribution in [2.75, 3.05) is 75.3 Å². The van der Waals surface area contributed by atoms with Crippen LogP contribution in [0.3, 0.4) is 0 Å². The average Bonchev–Trinajstić information content (AvgIpc) is 3.42. The van der Waals surface area contributed by atoms with E-state index < -0.39 is 10.0 Å². The summed E-state index contributed by atoms with van der Waals surface area (Å²) in [6.07, 6.45) is 2.73. The van der Waals surface area contributed by atoms with Crippen molar-refractivity contribution in [1.82, 2.24) is 19.4 Å². The molecule has 1 aromatic heterocycles. The zero-order chi connectivity index (χ0) is 24.3. The van der Waals surface area contributed by atoms with Crippen LogP contribution in [0.2, 0.25) is 0 Å². The molecule has 0 bridgehead atoms. The summed E-state index contributed by atoms with van der Waals surface area (Å²) in [6.45, 7) is 7.44. The molecule has 3 fully saturated rings. The lowest BCUT2D eigenvalue weighted by Gasteiger charge is -2.36. The van der Waals surface area contributed by atoms with Crippen molar-refractivity contribution in [1.29, 1.82) is 5.26 Å². The molecule has 11 heteroatoms. The lowest BCUT2D eigenvalue weighted by atomic mass is 10.2. The van der Waals surface area contributed by atoms with E-state index in [1.807, 2.05) is 18.2 Å². The van der Waals surface area contributed by atoms with Gasteiger partial charge in [0.05, 0.1) is 16.6 Å². The van der Waals surface area contributed by atoms with Gasteiger partial charge in [0.1, 0.15) is 6.07 Å². The third kappa shape index (κ3) is 5.26. The number of piperazine rings is 2. The molecule has 4 heterocycles. The summed E-state index contributed by atoms with van der Waals surface area (Å²) in [6, 6.07) is 12.3. The van der Waals surface area contributed by atoms with Crippen molar-refractivity contribution in [2.24, 2.45) is 0 Å². The van der Waals surface area contributed by atoms with E-state index in [4.69, 9.17) is 4.74 Å². The van der Waals surface area contributed by atoms with Crippen LogP contribution in [-0.4, -0.2) is 99.4 Å². The van der Waals surface area contributed by atoms with Gasteiger partial charge in [-0.3, -0.25) is 4.90 Å². The van der Waals surface area contributed by atoms with E-state index in [-0.39, 0.29) is 10.5 Å². The lowest BCUT2D eigenvalue weighted by molar-refractivity contribution is 0.0712. The molecular formula is C24H31N7O3S. The van der Waals surface area contributed by atoms with Gasteiger partial charge in [-0.25, -0.2) is 8.42 Å². The van der Waals surface area contributed by atoms with Crippen LogP contribution in [0.4, 0.5) is 11.6 Å². The minimum Gasteiger partial charge on any atom is -0.377 e. The molecular weight excluding hydrogens is 466 g/mol. The molecule has 1 unspecified atom stereocenters. The van der Waals surface area contributed by atoms with Crippen molar-refractivity contribution >= 4 is 21.7 Å². The number of sulfonamides is 1. The number of benzene rings is 1. The minimum absolute atomic E-state index is 0.0657. The predicted octanol–water partition coefficient (Wildman–Crippen LogP) is 1.16. The molecule has 5 rings (SSSR count). The quantitative estimate of drug-likeness (QED) is 0.581. The number of hydrogen-bond acceptors (Lipinski definition) is 9. The van der Waals surface area contributed by atoms with Crippen molar-refractivity contribution in [3.8, 4) is 6.07 Å². The number of hydrogen-bond donors (Lipinski definition) is 0. The SMILES string of the molecule is N#Cc1ccccc1S(=O)(=O)N1CCN(c2ccc(N3CCN(CC4CCCO4)CC3)nn2)CC1. The Morgan fingerprint density at radius 3 is 2.11 bits per heavy atom. The first-order chi connectivity index (χ1) is 17.0. The normalized spacial score (nSPS) is 22.3. The average molecular weight is 498 g/mol. The van der Waals surface area contributed by atoms with Gasteiger partial charge >= 0.3 is 0 Å². The molecule has 3 aliphatic rings. The predicted molar refractivity (Wildman–Crippen MR) is 132 cm³/mol. The van der Waals surface area contributed by atoms with Gasteiger partial charge in [0.25, 0.3) is 0 Å². The molecule has 2 aromatic rings. The summed E-state index contributed by atoms with van der Waals surface area (Å²) in [5.41, 5.74) is 0.170. The third-order valence-corrected chi connectivity index (χ3v) is 8.96. The molecule has 0 N–H and O–H groups in total. The van der Waals surface area contributed by atoms with Crippen LogP contribution in [0.5, 0.6) is 0 Å². The number of ether oxygens (including phenoxy) is 1. The maximum atomic E-state index is 13.1. The molecule has 0 radical (unpaired) electrons. The van der Waals surface area contributed by atoms with Crippen LogP contribution in [0.1, 0.15) is 18.4 Å². The Labute approximate surface area is 206 Å². The standard InChI is InChI=1S/C24H31N7O3S/c25-18-20-4-1-2-6-22(20)35(32,33)31-15-13-30(14-16-31)24-8-7-23(26-27-24)29-11-9-28(10-12-29)19-21-5-3-17-34-21/h1-2,4,6-8,21H,3,5,9-17,19H2. The van der Waals surface area contributed by atoms with Crippen LogP contribution in [0.25, 0.3) is 0 Å². The number of rotatable bonds is 6. The van der Waals surface area contributed by atoms with Crippen LogP contribution < -0.4 is 9.80 Å². The summed E-state index contributed by atoms with van der Waals surface area (Å²) < 4.78 is 33.3. The van der Waals surface area contributed by atoms with Gasteiger partial charge in [-0.1, -0.05) is 12.1 Å². The molecule has 1 atom stereocenters. The maximum Gasteiger partial charge on any atom is 0.244 e. The highest BCUT2D eigenvalue weighted by atomic mass is 32.2. The number of anilines is 2. The van der Waals surface area contributed by atoms with Crippen molar-refractivity contribution in [3.05, 3.63) is 42.0 Å². The fourth-order valence-electron chi connectivity index (χ4n) is 4.97. The van der Waals surface area contributed by atoms with E-state index in [0.29, 0.717) is 32.3 Å². The molecule has 0 saturated carbocycles. The Kier molecular flexibility index (Phi) is 7.15. The Morgan fingerprint density at radius 1 is 0.914 bits per heavy atom. The minimum atomic E-state index is -3.71. The molecule has 186 valence electrons. The van der Waals surface area contributed by atoms with E-state index in [9.17, 15) is 13.7 Å². The van der Waals surface area contributed by atoms with Gasteiger partial charge in [0.15, 0.2) is 11.6 Å². The molecule has 35 heavy (non-hydrogen) atoms. The van der Waals surface area contributed by atoms with Crippen molar-refractivity contribution in [2.45, 2.75) is 23.8 Å². The first-order valence-electron chi connectivity index (χ1n) is 12.2. The van der Waals surface area contributed by atoms with Crippen LogP contribution in [-0.2, 0) is 14.8 Å². The van der Waals surface area contributed by atoms with Gasteiger partial charge in [-0.2, -0.15) is 9.57 Å². The molecule has 0 amide bonds. The second kappa shape index (κ2) is 10.5. The molecule has 0 spiro atoms. The summed E-state index contributed by atoms with van der Waals surface area (Å²) in [7, 11) is -3.71. The highest BCUT2D eigenvalue weighted by Crippen LogP contribution is 2.23. The van der Waals surface area contributed by atoms with Crippen molar-refractivity contribution < 1.29 is 13.2 Å². The Morgan fingerprint density at radius 2 is 1.54 bits per heavy atom. The largest absolute Gasteiger partial charge is 0.377 e. The van der Waals surface area contributed by atoms with Gasteiger partial charge in [-0.15, -0.1) is 10.2 Å². The molecule has 0 aliphatic carbocycles. The highest BCUT2D eigenvalue weighted by molar-refractivity contribution is 7.89. The molecule has 3 aliphatic heterocycles. The summed E-state index contributed by atoms with van der Waals surface area (Å²) in [5.74, 6) is 1.63. The summed E-state index contributed by atoms with van der Waals surface area (Å²) in [4.78, 5) is 6.85. The van der Waals surface area contributed by atoms with E-state index in [0.717, 1.165) is 51.0 Å². The van der Waals surface area contributed by atoms with E-state index in [2.05, 4.69) is 24.9 Å². The van der Waals surface area contributed by atoms with E-state index >= 15 is 0 Å². The second-order valence-electron chi connectivity index (χ2n) is 9.17. The Balaban J connectivity index is 1.14. The number of aromatic nitrogens is 2. The monoisotopic (exact) mass is 497 g/mol. The molecule has 3 saturated heterocycles. The first kappa shape index (κ1) is 23.9. The van der Waals surface area contributed by atoms with E-state index in [1.165, 1.54) is 29.3 Å². The fourth-order valence-corrected chi connectivity index (χ4v) is 6.54. The zero-order valence-electron chi connectivity index (χ0n) is 19.8. The van der Waals surface area contributed by atoms with Crippen LogP contribution in [0, 0.1) is 11.3 Å². The van der Waals surface area contributed by atoms with Crippen molar-refractivity contribution in [3.63, 3.8) is 0 Å². The molecule has 1 aromatic carbocycles. The smallest absolute Gasteiger partial charge is 0.244 e. The number of nitrogens with zero attached hydrogens (tertiary/aromatic N) is 7. The Hall–Kier alpha value is -2.78. The van der Waals surface area contributed by atoms with Gasteiger partial charge in [0, 0.05) is 65.5 Å². The van der Waals surface area contributed by atoms with Gasteiger partial charge in [-0.05, 0) is 37.1 Å². The lowest BCUT2D eigenvalue weighted by Crippen LogP contribution is -2.49. The third-order valence-electron chi connectivity index (χ3n) is 7.01. The van der Waals surface area contributed by atoms with Gasteiger partial charge < -0.3 is 14.5 Å².